The van der Waals surface area contributed by atoms with Gasteiger partial charge in [-0.2, -0.15) is 0 Å². The number of aromatic nitrogens is 2. The van der Waals surface area contributed by atoms with E-state index in [2.05, 4.69) is 4.98 Å². The summed E-state index contributed by atoms with van der Waals surface area (Å²) < 4.78 is 1.95. The van der Waals surface area contributed by atoms with Crippen LogP contribution in [-0.2, 0) is 6.42 Å². The normalized spacial score (nSPS) is 10.3. The molecule has 2 rings (SSSR count). The number of benzene rings is 1. The van der Waals surface area contributed by atoms with Crippen LogP contribution in [0.5, 0.6) is 0 Å². The van der Waals surface area contributed by atoms with Crippen molar-refractivity contribution in [2.45, 2.75) is 13.3 Å². The van der Waals surface area contributed by atoms with E-state index in [4.69, 9.17) is 5.11 Å². The summed E-state index contributed by atoms with van der Waals surface area (Å²) in [5.74, 6) is 0.0518. The summed E-state index contributed by atoms with van der Waals surface area (Å²) in [4.78, 5) is 14.9. The van der Waals surface area contributed by atoms with E-state index in [0.29, 0.717) is 5.56 Å². The highest BCUT2D eigenvalue weighted by Crippen LogP contribution is 2.12. The molecular weight excluding hydrogens is 204 g/mol. The highest BCUT2D eigenvalue weighted by atomic mass is 16.4. The Labute approximate surface area is 93.2 Å². The van der Waals surface area contributed by atoms with E-state index in [1.165, 1.54) is 0 Å². The second-order valence-corrected chi connectivity index (χ2v) is 3.42. The van der Waals surface area contributed by atoms with Crippen LogP contribution in [0.3, 0.4) is 0 Å². The monoisotopic (exact) mass is 216 g/mol. The molecule has 0 spiro atoms. The minimum Gasteiger partial charge on any atom is -0.478 e. The van der Waals surface area contributed by atoms with Gasteiger partial charge in [-0.25, -0.2) is 9.78 Å². The molecule has 0 aliphatic heterocycles. The molecule has 4 heteroatoms. The number of rotatable bonds is 3. The van der Waals surface area contributed by atoms with Crippen LogP contribution in [0, 0.1) is 0 Å². The van der Waals surface area contributed by atoms with Gasteiger partial charge >= 0.3 is 5.97 Å². The molecule has 1 aromatic heterocycles. The Bertz CT molecular complexity index is 500. The predicted octanol–water partition coefficient (Wildman–Crippen LogP) is 2.13. The Kier molecular flexibility index (Phi) is 2.72. The van der Waals surface area contributed by atoms with Gasteiger partial charge in [0.05, 0.1) is 5.56 Å². The number of hydrogen-bond acceptors (Lipinski definition) is 2. The number of aromatic carboxylic acids is 1. The van der Waals surface area contributed by atoms with E-state index < -0.39 is 5.97 Å². The van der Waals surface area contributed by atoms with Crippen LogP contribution in [0.15, 0.2) is 36.7 Å². The lowest BCUT2D eigenvalue weighted by Gasteiger charge is -2.06. The number of carboxylic acid groups (broad SMARTS) is 1. The summed E-state index contributed by atoms with van der Waals surface area (Å²) in [5, 5.41) is 8.79. The fraction of sp³-hybridized carbons (Fsp3) is 0.167. The molecule has 0 radical (unpaired) electrons. The number of imidazole rings is 1. The van der Waals surface area contributed by atoms with Gasteiger partial charge in [0, 0.05) is 24.5 Å². The summed E-state index contributed by atoms with van der Waals surface area (Å²) in [6, 6.07) is 6.75. The zero-order valence-electron chi connectivity index (χ0n) is 8.92. The van der Waals surface area contributed by atoms with E-state index >= 15 is 0 Å². The molecule has 0 aliphatic carbocycles. The maximum Gasteiger partial charge on any atom is 0.335 e. The van der Waals surface area contributed by atoms with Crippen molar-refractivity contribution in [3.05, 3.63) is 48.0 Å². The van der Waals surface area contributed by atoms with Crippen LogP contribution in [0.4, 0.5) is 0 Å². The average Bonchev–Trinajstić information content (AvgIpc) is 2.77. The maximum atomic E-state index is 10.7. The molecule has 1 heterocycles. The molecule has 0 bridgehead atoms. The fourth-order valence-corrected chi connectivity index (χ4v) is 1.60. The van der Waals surface area contributed by atoms with E-state index in [9.17, 15) is 4.79 Å². The third-order valence-electron chi connectivity index (χ3n) is 2.43. The zero-order chi connectivity index (χ0) is 11.5. The van der Waals surface area contributed by atoms with E-state index in [1.54, 1.807) is 30.5 Å². The first-order valence-electron chi connectivity index (χ1n) is 5.08. The molecule has 0 unspecified atom stereocenters. The van der Waals surface area contributed by atoms with Gasteiger partial charge in [0.15, 0.2) is 0 Å². The van der Waals surface area contributed by atoms with Gasteiger partial charge in [-0.3, -0.25) is 0 Å². The minimum atomic E-state index is -0.909. The summed E-state index contributed by atoms with van der Waals surface area (Å²) >= 11 is 0. The van der Waals surface area contributed by atoms with Crippen molar-refractivity contribution < 1.29 is 9.90 Å². The van der Waals surface area contributed by atoms with Crippen LogP contribution >= 0.6 is 0 Å². The number of carbonyl (C=O) groups is 1. The van der Waals surface area contributed by atoms with Crippen molar-refractivity contribution in [3.63, 3.8) is 0 Å². The molecular formula is C12H12N2O2. The van der Waals surface area contributed by atoms with Gasteiger partial charge < -0.3 is 9.67 Å². The first-order chi connectivity index (χ1) is 7.72. The first kappa shape index (κ1) is 10.4. The molecule has 1 aromatic carbocycles. The van der Waals surface area contributed by atoms with Gasteiger partial charge in [0.2, 0.25) is 0 Å². The zero-order valence-corrected chi connectivity index (χ0v) is 8.92. The second kappa shape index (κ2) is 4.18. The van der Waals surface area contributed by atoms with Crippen LogP contribution in [0.25, 0.3) is 5.69 Å². The first-order valence-corrected chi connectivity index (χ1v) is 5.08. The van der Waals surface area contributed by atoms with Crippen molar-refractivity contribution in [2.24, 2.45) is 0 Å². The van der Waals surface area contributed by atoms with Gasteiger partial charge in [0.25, 0.3) is 0 Å². The Hall–Kier alpha value is -2.10. The van der Waals surface area contributed by atoms with Crippen molar-refractivity contribution in [1.29, 1.82) is 0 Å². The molecule has 0 saturated heterocycles. The third kappa shape index (κ3) is 1.82. The topological polar surface area (TPSA) is 55.1 Å². The molecule has 2 aromatic rings. The maximum absolute atomic E-state index is 10.7. The summed E-state index contributed by atoms with van der Waals surface area (Å²) in [6.07, 6.45) is 4.45. The van der Waals surface area contributed by atoms with Gasteiger partial charge in [0.1, 0.15) is 5.82 Å². The summed E-state index contributed by atoms with van der Waals surface area (Å²) in [5.41, 5.74) is 1.22. The lowest BCUT2D eigenvalue weighted by Crippen LogP contribution is -2.00. The van der Waals surface area contributed by atoms with Gasteiger partial charge in [-0.1, -0.05) is 6.92 Å². The molecule has 0 amide bonds. The molecule has 0 saturated carbocycles. The Morgan fingerprint density at radius 1 is 1.38 bits per heavy atom. The quantitative estimate of drug-likeness (QED) is 0.855. The van der Waals surface area contributed by atoms with Gasteiger partial charge in [-0.05, 0) is 24.3 Å². The highest BCUT2D eigenvalue weighted by molar-refractivity contribution is 5.87. The Balaban J connectivity index is 2.38. The molecule has 4 nitrogen and oxygen atoms in total. The van der Waals surface area contributed by atoms with Crippen LogP contribution in [0.2, 0.25) is 0 Å². The molecule has 1 N–H and O–H groups in total. The number of nitrogens with zero attached hydrogens (tertiary/aromatic N) is 2. The third-order valence-corrected chi connectivity index (χ3v) is 2.43. The summed E-state index contributed by atoms with van der Waals surface area (Å²) in [6.45, 7) is 2.03. The Morgan fingerprint density at radius 2 is 2.06 bits per heavy atom. The van der Waals surface area contributed by atoms with Gasteiger partial charge in [-0.15, -0.1) is 0 Å². The lowest BCUT2D eigenvalue weighted by atomic mass is 10.2. The molecule has 0 atom stereocenters. The van der Waals surface area contributed by atoms with E-state index in [0.717, 1.165) is 17.9 Å². The molecule has 0 aliphatic rings. The van der Waals surface area contributed by atoms with Crippen molar-refractivity contribution >= 4 is 5.97 Å². The van der Waals surface area contributed by atoms with E-state index in [-0.39, 0.29) is 0 Å². The minimum absolute atomic E-state index is 0.293. The number of hydrogen-bond donors (Lipinski definition) is 1. The Morgan fingerprint density at radius 3 is 2.62 bits per heavy atom. The van der Waals surface area contributed by atoms with Crippen molar-refractivity contribution in [2.75, 3.05) is 0 Å². The predicted molar refractivity (Wildman–Crippen MR) is 59.9 cm³/mol. The standard InChI is InChI=1S/C12H12N2O2/c1-2-11-13-7-8-14(11)10-5-3-9(4-6-10)12(15)16/h3-8H,2H2,1H3,(H,15,16). The van der Waals surface area contributed by atoms with Crippen LogP contribution in [-0.4, -0.2) is 20.6 Å². The van der Waals surface area contributed by atoms with Crippen LogP contribution in [0.1, 0.15) is 23.1 Å². The SMILES string of the molecule is CCc1nccn1-c1ccc(C(=O)O)cc1. The lowest BCUT2D eigenvalue weighted by molar-refractivity contribution is 0.0697. The van der Waals surface area contributed by atoms with Crippen molar-refractivity contribution in [3.8, 4) is 5.69 Å². The number of carboxylic acids is 1. The molecule has 0 fully saturated rings. The average molecular weight is 216 g/mol. The summed E-state index contributed by atoms with van der Waals surface area (Å²) in [7, 11) is 0. The smallest absolute Gasteiger partial charge is 0.335 e. The number of aryl methyl sites for hydroxylation is 1. The molecule has 16 heavy (non-hydrogen) atoms. The fourth-order valence-electron chi connectivity index (χ4n) is 1.60. The largest absolute Gasteiger partial charge is 0.478 e. The highest BCUT2D eigenvalue weighted by Gasteiger charge is 2.05. The van der Waals surface area contributed by atoms with E-state index in [1.807, 2.05) is 17.7 Å². The van der Waals surface area contributed by atoms with Crippen molar-refractivity contribution in [1.82, 2.24) is 9.55 Å². The molecule has 82 valence electrons. The second-order valence-electron chi connectivity index (χ2n) is 3.42. The van der Waals surface area contributed by atoms with Crippen LogP contribution < -0.4 is 0 Å².